The van der Waals surface area contributed by atoms with Crippen molar-refractivity contribution in [1.29, 1.82) is 0 Å². The van der Waals surface area contributed by atoms with Gasteiger partial charge in [0.25, 0.3) is 0 Å². The number of hydrogen-bond acceptors (Lipinski definition) is 6. The zero-order chi connectivity index (χ0) is 23.4. The van der Waals surface area contributed by atoms with E-state index in [1.165, 1.54) is 6.07 Å². The summed E-state index contributed by atoms with van der Waals surface area (Å²) in [6, 6.07) is 7.83. The Balaban J connectivity index is 1.40. The van der Waals surface area contributed by atoms with Crippen LogP contribution in [0, 0.1) is 5.82 Å². The third kappa shape index (κ3) is 6.57. The number of rotatable bonds is 10. The average molecular weight is 477 g/mol. The number of pyridine rings is 1. The van der Waals surface area contributed by atoms with Crippen LogP contribution in [0.1, 0.15) is 45.4 Å². The van der Waals surface area contributed by atoms with Gasteiger partial charge in [-0.05, 0) is 69.7 Å². The van der Waals surface area contributed by atoms with E-state index in [1.807, 2.05) is 6.07 Å². The number of ether oxygens (including phenoxy) is 1. The molecule has 2 fully saturated rings. The monoisotopic (exact) mass is 476 g/mol. The van der Waals surface area contributed by atoms with Crippen LogP contribution in [0.5, 0.6) is 0 Å². The van der Waals surface area contributed by atoms with Crippen LogP contribution in [-0.4, -0.2) is 54.1 Å². The molecule has 1 aromatic carbocycles. The van der Waals surface area contributed by atoms with Crippen LogP contribution in [0.15, 0.2) is 30.5 Å². The van der Waals surface area contributed by atoms with E-state index in [4.69, 9.17) is 16.3 Å². The third-order valence-electron chi connectivity index (χ3n) is 6.58. The number of aromatic nitrogens is 1. The number of nitrogens with one attached hydrogen (secondary N) is 3. The molecule has 2 aliphatic carbocycles. The van der Waals surface area contributed by atoms with Crippen molar-refractivity contribution in [3.05, 3.63) is 41.3 Å². The first-order chi connectivity index (χ1) is 15.8. The van der Waals surface area contributed by atoms with Gasteiger partial charge in [0.15, 0.2) is 0 Å². The maximum atomic E-state index is 14.7. The van der Waals surface area contributed by atoms with E-state index in [2.05, 4.69) is 27.9 Å². The van der Waals surface area contributed by atoms with Crippen molar-refractivity contribution in [2.75, 3.05) is 30.9 Å². The van der Waals surface area contributed by atoms with Gasteiger partial charge in [-0.2, -0.15) is 0 Å². The SMILES string of the molecule is COC[C@@H](C)NC1CCC(Nc2cc(-c3cc(NCC4(O)CC4)ccc3F)c(Cl)cn2)CC1. The average Bonchev–Trinajstić information content (AvgIpc) is 3.53. The molecule has 0 saturated heterocycles. The highest BCUT2D eigenvalue weighted by Gasteiger charge is 2.39. The summed E-state index contributed by atoms with van der Waals surface area (Å²) < 4.78 is 19.9. The quantitative estimate of drug-likeness (QED) is 0.393. The molecule has 0 radical (unpaired) electrons. The smallest absolute Gasteiger partial charge is 0.131 e. The molecule has 8 heteroatoms. The minimum atomic E-state index is -0.629. The normalized spacial score (nSPS) is 22.6. The van der Waals surface area contributed by atoms with Gasteiger partial charge < -0.3 is 25.8 Å². The van der Waals surface area contributed by atoms with Gasteiger partial charge in [0, 0.05) is 54.8 Å². The molecule has 6 nitrogen and oxygen atoms in total. The lowest BCUT2D eigenvalue weighted by Gasteiger charge is -2.32. The molecule has 1 heterocycles. The van der Waals surface area contributed by atoms with E-state index in [1.54, 1.807) is 25.4 Å². The van der Waals surface area contributed by atoms with Crippen molar-refractivity contribution in [2.45, 2.75) is 69.2 Å². The summed E-state index contributed by atoms with van der Waals surface area (Å²) in [7, 11) is 1.73. The second-order valence-electron chi connectivity index (χ2n) is 9.54. The van der Waals surface area contributed by atoms with Crippen molar-refractivity contribution >= 4 is 23.1 Å². The van der Waals surface area contributed by atoms with Gasteiger partial charge in [0.05, 0.1) is 17.2 Å². The van der Waals surface area contributed by atoms with Crippen LogP contribution in [-0.2, 0) is 4.74 Å². The first kappa shape index (κ1) is 24.2. The fourth-order valence-corrected chi connectivity index (χ4v) is 4.67. The van der Waals surface area contributed by atoms with E-state index >= 15 is 0 Å². The summed E-state index contributed by atoms with van der Waals surface area (Å²) in [5, 5.41) is 20.8. The standard InChI is InChI=1S/C25H34ClFN4O2/c1-16(14-33-2)30-17-3-5-18(6-4-17)31-24-12-20(22(26)13-28-24)21-11-19(7-8-23(21)27)29-15-25(32)9-10-25/h7-8,11-13,16-18,29-30,32H,3-6,9-10,14-15H2,1-2H3,(H,28,31)/t16-,17?,18?/m1/s1. The van der Waals surface area contributed by atoms with Crippen LogP contribution < -0.4 is 16.0 Å². The molecule has 0 amide bonds. The lowest BCUT2D eigenvalue weighted by Crippen LogP contribution is -2.42. The Hall–Kier alpha value is -1.93. The molecule has 0 aliphatic heterocycles. The number of methoxy groups -OCH3 is 1. The lowest BCUT2D eigenvalue weighted by atomic mass is 9.90. The van der Waals surface area contributed by atoms with Crippen LogP contribution in [0.2, 0.25) is 5.02 Å². The molecular formula is C25H34ClFN4O2. The van der Waals surface area contributed by atoms with E-state index < -0.39 is 5.60 Å². The van der Waals surface area contributed by atoms with Gasteiger partial charge >= 0.3 is 0 Å². The molecule has 4 rings (SSSR count). The lowest BCUT2D eigenvalue weighted by molar-refractivity contribution is 0.161. The molecule has 4 N–H and O–H groups in total. The van der Waals surface area contributed by atoms with Gasteiger partial charge in [0.2, 0.25) is 0 Å². The summed E-state index contributed by atoms with van der Waals surface area (Å²) in [5.74, 6) is 0.352. The summed E-state index contributed by atoms with van der Waals surface area (Å²) >= 11 is 6.41. The van der Waals surface area contributed by atoms with Gasteiger partial charge in [-0.3, -0.25) is 0 Å². The number of hydrogen-bond donors (Lipinski definition) is 4. The largest absolute Gasteiger partial charge is 0.388 e. The molecule has 1 aromatic heterocycles. The summed E-state index contributed by atoms with van der Waals surface area (Å²) in [4.78, 5) is 4.43. The van der Waals surface area contributed by atoms with Crippen molar-refractivity contribution in [3.63, 3.8) is 0 Å². The molecule has 2 aromatic rings. The van der Waals surface area contributed by atoms with Crippen molar-refractivity contribution in [3.8, 4) is 11.1 Å². The highest BCUT2D eigenvalue weighted by atomic mass is 35.5. The van der Waals surface area contributed by atoms with E-state index in [-0.39, 0.29) is 5.82 Å². The maximum Gasteiger partial charge on any atom is 0.131 e. The third-order valence-corrected chi connectivity index (χ3v) is 6.88. The Morgan fingerprint density at radius 1 is 1.18 bits per heavy atom. The number of anilines is 2. The summed E-state index contributed by atoms with van der Waals surface area (Å²) in [6.07, 6.45) is 7.40. The number of aliphatic hydroxyl groups is 1. The molecule has 0 bridgehead atoms. The van der Waals surface area contributed by atoms with Crippen LogP contribution in [0.3, 0.4) is 0 Å². The van der Waals surface area contributed by atoms with Crippen LogP contribution in [0.4, 0.5) is 15.9 Å². The van der Waals surface area contributed by atoms with Crippen molar-refractivity contribution in [1.82, 2.24) is 10.3 Å². The number of nitrogens with zero attached hydrogens (tertiary/aromatic N) is 1. The molecule has 2 saturated carbocycles. The minimum absolute atomic E-state index is 0.319. The molecule has 1 atom stereocenters. The highest BCUT2D eigenvalue weighted by Crippen LogP contribution is 2.36. The Labute approximate surface area is 200 Å². The fraction of sp³-hybridized carbons (Fsp3) is 0.560. The fourth-order valence-electron chi connectivity index (χ4n) is 4.47. The summed E-state index contributed by atoms with van der Waals surface area (Å²) in [6.45, 7) is 3.31. The van der Waals surface area contributed by atoms with Gasteiger partial charge in [0.1, 0.15) is 11.6 Å². The molecule has 2 aliphatic rings. The van der Waals surface area contributed by atoms with Crippen LogP contribution in [0.25, 0.3) is 11.1 Å². The van der Waals surface area contributed by atoms with Gasteiger partial charge in [-0.25, -0.2) is 9.37 Å². The highest BCUT2D eigenvalue weighted by molar-refractivity contribution is 6.33. The minimum Gasteiger partial charge on any atom is -0.388 e. The predicted molar refractivity (Wildman–Crippen MR) is 131 cm³/mol. The Kier molecular flexibility index (Phi) is 7.74. The first-order valence-electron chi connectivity index (χ1n) is 11.8. The molecule has 0 spiro atoms. The second-order valence-corrected chi connectivity index (χ2v) is 9.95. The Bertz CT molecular complexity index is 948. The molecular weight excluding hydrogens is 443 g/mol. The molecule has 0 unspecified atom stereocenters. The topological polar surface area (TPSA) is 78.4 Å². The number of benzene rings is 1. The second kappa shape index (κ2) is 10.6. The van der Waals surface area contributed by atoms with E-state index in [9.17, 15) is 9.50 Å². The van der Waals surface area contributed by atoms with Gasteiger partial charge in [-0.1, -0.05) is 11.6 Å². The zero-order valence-corrected chi connectivity index (χ0v) is 20.1. The Morgan fingerprint density at radius 2 is 1.91 bits per heavy atom. The van der Waals surface area contributed by atoms with Crippen molar-refractivity contribution in [2.24, 2.45) is 0 Å². The number of halogens is 2. The summed E-state index contributed by atoms with van der Waals surface area (Å²) in [5.41, 5.74) is 1.14. The molecule has 33 heavy (non-hydrogen) atoms. The zero-order valence-electron chi connectivity index (χ0n) is 19.3. The van der Waals surface area contributed by atoms with E-state index in [0.717, 1.165) is 44.2 Å². The van der Waals surface area contributed by atoms with E-state index in [0.29, 0.717) is 53.2 Å². The van der Waals surface area contributed by atoms with Gasteiger partial charge in [-0.15, -0.1) is 0 Å². The Morgan fingerprint density at radius 3 is 2.61 bits per heavy atom. The first-order valence-corrected chi connectivity index (χ1v) is 12.2. The maximum absolute atomic E-state index is 14.7. The molecule has 180 valence electrons. The van der Waals surface area contributed by atoms with Crippen LogP contribution >= 0.6 is 11.6 Å². The van der Waals surface area contributed by atoms with Crippen molar-refractivity contribution < 1.29 is 14.2 Å². The predicted octanol–water partition coefficient (Wildman–Crippen LogP) is 4.83.